The van der Waals surface area contributed by atoms with Crippen LogP contribution >= 0.6 is 0 Å². The molecule has 0 aromatic rings. The minimum Gasteiger partial charge on any atom is -0.409 e. The monoisotopic (exact) mass is 192 g/mol. The van der Waals surface area contributed by atoms with E-state index in [1.54, 1.807) is 0 Å². The Labute approximate surface area is 71.2 Å². The molecule has 0 unspecified atom stereocenters. The van der Waals surface area contributed by atoms with Gasteiger partial charge in [0.25, 0.3) is 0 Å². The van der Waals surface area contributed by atoms with Gasteiger partial charge in [-0.2, -0.15) is 0 Å². The number of hydrogen-bond donors (Lipinski definition) is 2. The van der Waals surface area contributed by atoms with E-state index in [0.717, 1.165) is 0 Å². The Balaban J connectivity index is 2.58. The fourth-order valence-corrected chi connectivity index (χ4v) is 2.76. The molecule has 12 heavy (non-hydrogen) atoms. The van der Waals surface area contributed by atoms with E-state index >= 15 is 0 Å². The van der Waals surface area contributed by atoms with Crippen molar-refractivity contribution >= 4 is 15.7 Å². The lowest BCUT2D eigenvalue weighted by Gasteiger charge is -2.19. The summed E-state index contributed by atoms with van der Waals surface area (Å²) in [6.45, 7) is 0. The first kappa shape index (κ1) is 9.31. The van der Waals surface area contributed by atoms with Gasteiger partial charge in [-0.3, -0.25) is 0 Å². The Morgan fingerprint density at radius 1 is 1.42 bits per heavy atom. The van der Waals surface area contributed by atoms with Crippen LogP contribution in [0.1, 0.15) is 12.8 Å². The Kier molecular flexibility index (Phi) is 2.56. The van der Waals surface area contributed by atoms with Gasteiger partial charge in [0.1, 0.15) is 15.7 Å². The molecular weight excluding hydrogens is 180 g/mol. The summed E-state index contributed by atoms with van der Waals surface area (Å²) in [6.07, 6.45) is 0.941. The number of oxime groups is 1. The van der Waals surface area contributed by atoms with Crippen molar-refractivity contribution in [1.29, 1.82) is 0 Å². The van der Waals surface area contributed by atoms with Crippen LogP contribution in [0.5, 0.6) is 0 Å². The molecule has 0 aromatic carbocycles. The van der Waals surface area contributed by atoms with E-state index in [9.17, 15) is 8.42 Å². The molecule has 1 heterocycles. The maximum absolute atomic E-state index is 11.0. The maximum Gasteiger partial charge on any atom is 0.150 e. The van der Waals surface area contributed by atoms with Gasteiger partial charge in [0.2, 0.25) is 0 Å². The van der Waals surface area contributed by atoms with Crippen molar-refractivity contribution < 1.29 is 13.6 Å². The van der Waals surface area contributed by atoms with Gasteiger partial charge in [-0.1, -0.05) is 5.16 Å². The van der Waals surface area contributed by atoms with E-state index in [1.807, 2.05) is 0 Å². The molecule has 1 aliphatic rings. The standard InChI is InChI=1S/C6H12N2O3S/c7-6(8-9)5-1-3-12(10,11)4-2-5/h5,9H,1-4H2,(H2,7,8). The van der Waals surface area contributed by atoms with Gasteiger partial charge in [0.05, 0.1) is 11.5 Å². The maximum atomic E-state index is 11.0. The molecule has 0 radical (unpaired) electrons. The number of amidine groups is 1. The highest BCUT2D eigenvalue weighted by Crippen LogP contribution is 2.18. The fourth-order valence-electron chi connectivity index (χ4n) is 1.27. The van der Waals surface area contributed by atoms with Gasteiger partial charge >= 0.3 is 0 Å². The van der Waals surface area contributed by atoms with Crippen molar-refractivity contribution in [2.45, 2.75) is 12.8 Å². The average Bonchev–Trinajstić information content (AvgIpc) is 2.03. The third-order valence-electron chi connectivity index (χ3n) is 2.09. The molecule has 70 valence electrons. The Hall–Kier alpha value is -0.780. The number of sulfone groups is 1. The third-order valence-corrected chi connectivity index (χ3v) is 3.80. The molecule has 1 fully saturated rings. The first-order valence-corrected chi connectivity index (χ1v) is 5.55. The van der Waals surface area contributed by atoms with Crippen LogP contribution in [0.2, 0.25) is 0 Å². The minimum absolute atomic E-state index is 0.0708. The van der Waals surface area contributed by atoms with Crippen molar-refractivity contribution in [3.63, 3.8) is 0 Å². The van der Waals surface area contributed by atoms with E-state index in [-0.39, 0.29) is 23.3 Å². The lowest BCUT2D eigenvalue weighted by Crippen LogP contribution is -2.32. The van der Waals surface area contributed by atoms with Crippen LogP contribution in [0.3, 0.4) is 0 Å². The number of nitrogens with zero attached hydrogens (tertiary/aromatic N) is 1. The van der Waals surface area contributed by atoms with Gasteiger partial charge in [-0.05, 0) is 12.8 Å². The second-order valence-corrected chi connectivity index (χ2v) is 5.25. The van der Waals surface area contributed by atoms with Crippen molar-refractivity contribution in [1.82, 2.24) is 0 Å². The van der Waals surface area contributed by atoms with Crippen LogP contribution in [-0.2, 0) is 9.84 Å². The molecule has 1 aliphatic heterocycles. The normalized spacial score (nSPS) is 25.5. The molecule has 0 atom stereocenters. The van der Waals surface area contributed by atoms with Crippen molar-refractivity contribution in [2.24, 2.45) is 16.8 Å². The Bertz CT molecular complexity index is 269. The summed E-state index contributed by atoms with van der Waals surface area (Å²) in [5.74, 6) is 0.366. The second-order valence-electron chi connectivity index (χ2n) is 2.95. The van der Waals surface area contributed by atoms with Crippen LogP contribution in [0.15, 0.2) is 5.16 Å². The van der Waals surface area contributed by atoms with Crippen molar-refractivity contribution in [3.05, 3.63) is 0 Å². The first-order valence-electron chi connectivity index (χ1n) is 3.73. The predicted octanol–water partition coefficient (Wildman–Crippen LogP) is -0.442. The smallest absolute Gasteiger partial charge is 0.150 e. The molecule has 6 heteroatoms. The van der Waals surface area contributed by atoms with Crippen molar-refractivity contribution in [3.8, 4) is 0 Å². The molecule has 0 aromatic heterocycles. The summed E-state index contributed by atoms with van der Waals surface area (Å²) in [5.41, 5.74) is 5.34. The third kappa shape index (κ3) is 2.10. The summed E-state index contributed by atoms with van der Waals surface area (Å²) in [4.78, 5) is 0. The van der Waals surface area contributed by atoms with Crippen LogP contribution in [0.25, 0.3) is 0 Å². The van der Waals surface area contributed by atoms with E-state index in [0.29, 0.717) is 12.8 Å². The number of nitrogens with two attached hydrogens (primary N) is 1. The lowest BCUT2D eigenvalue weighted by molar-refractivity contribution is 0.313. The molecule has 0 spiro atoms. The van der Waals surface area contributed by atoms with Crippen LogP contribution in [-0.4, -0.2) is 31.0 Å². The summed E-state index contributed by atoms with van der Waals surface area (Å²) in [7, 11) is -2.85. The molecule has 5 nitrogen and oxygen atoms in total. The topological polar surface area (TPSA) is 92.8 Å². The molecule has 3 N–H and O–H groups in total. The average molecular weight is 192 g/mol. The first-order chi connectivity index (χ1) is 5.55. The predicted molar refractivity (Wildman–Crippen MR) is 44.8 cm³/mol. The Morgan fingerprint density at radius 2 is 1.92 bits per heavy atom. The molecular formula is C6H12N2O3S. The van der Waals surface area contributed by atoms with E-state index in [2.05, 4.69) is 5.16 Å². The summed E-state index contributed by atoms with van der Waals surface area (Å²) in [5, 5.41) is 11.2. The zero-order chi connectivity index (χ0) is 9.19. The van der Waals surface area contributed by atoms with Crippen LogP contribution in [0.4, 0.5) is 0 Å². The zero-order valence-electron chi connectivity index (χ0n) is 6.60. The van der Waals surface area contributed by atoms with Gasteiger partial charge < -0.3 is 10.9 Å². The lowest BCUT2D eigenvalue weighted by atomic mass is 10.0. The fraction of sp³-hybridized carbons (Fsp3) is 0.833. The summed E-state index contributed by atoms with van der Waals surface area (Å²) < 4.78 is 21.9. The molecule has 0 aliphatic carbocycles. The van der Waals surface area contributed by atoms with E-state index < -0.39 is 9.84 Å². The zero-order valence-corrected chi connectivity index (χ0v) is 7.42. The Morgan fingerprint density at radius 3 is 2.33 bits per heavy atom. The van der Waals surface area contributed by atoms with Crippen molar-refractivity contribution in [2.75, 3.05) is 11.5 Å². The van der Waals surface area contributed by atoms with Gasteiger partial charge in [0, 0.05) is 5.92 Å². The quantitative estimate of drug-likeness (QED) is 0.255. The second kappa shape index (κ2) is 3.30. The van der Waals surface area contributed by atoms with Crippen LogP contribution < -0.4 is 5.73 Å². The molecule has 0 amide bonds. The van der Waals surface area contributed by atoms with E-state index in [4.69, 9.17) is 10.9 Å². The van der Waals surface area contributed by atoms with E-state index in [1.165, 1.54) is 0 Å². The van der Waals surface area contributed by atoms with Gasteiger partial charge in [-0.25, -0.2) is 8.42 Å². The highest BCUT2D eigenvalue weighted by molar-refractivity contribution is 7.91. The number of hydrogen-bond acceptors (Lipinski definition) is 4. The number of rotatable bonds is 1. The minimum atomic E-state index is -2.85. The molecule has 0 saturated carbocycles. The van der Waals surface area contributed by atoms with Gasteiger partial charge in [0.15, 0.2) is 0 Å². The van der Waals surface area contributed by atoms with Crippen LogP contribution in [0, 0.1) is 5.92 Å². The highest BCUT2D eigenvalue weighted by Gasteiger charge is 2.25. The summed E-state index contributed by atoms with van der Waals surface area (Å²) in [6, 6.07) is 0. The highest BCUT2D eigenvalue weighted by atomic mass is 32.2. The molecule has 1 rings (SSSR count). The molecule has 0 bridgehead atoms. The molecule has 1 saturated heterocycles. The SMILES string of the molecule is N/C(=N\O)C1CCS(=O)(=O)CC1. The largest absolute Gasteiger partial charge is 0.409 e. The summed E-state index contributed by atoms with van der Waals surface area (Å²) >= 11 is 0. The van der Waals surface area contributed by atoms with Gasteiger partial charge in [-0.15, -0.1) is 0 Å².